The van der Waals surface area contributed by atoms with E-state index in [-0.39, 0.29) is 23.7 Å². The van der Waals surface area contributed by atoms with E-state index in [0.717, 1.165) is 48.9 Å². The van der Waals surface area contributed by atoms with Gasteiger partial charge in [-0.1, -0.05) is 18.6 Å². The first-order valence-electron chi connectivity index (χ1n) is 7.96. The number of benzene rings is 1. The largest absolute Gasteiger partial charge is 0.326 e. The predicted molar refractivity (Wildman–Crippen MR) is 83.1 cm³/mol. The highest BCUT2D eigenvalue weighted by molar-refractivity contribution is 5.95. The van der Waals surface area contributed by atoms with Crippen molar-refractivity contribution in [1.82, 2.24) is 0 Å². The fourth-order valence-electron chi connectivity index (χ4n) is 3.80. The van der Waals surface area contributed by atoms with E-state index in [1.165, 1.54) is 0 Å². The average molecular weight is 285 g/mol. The maximum absolute atomic E-state index is 12.5. The first-order chi connectivity index (χ1) is 10.0. The molecule has 3 nitrogen and oxygen atoms in total. The molecule has 0 radical (unpaired) electrons. The molecule has 2 bridgehead atoms. The van der Waals surface area contributed by atoms with Crippen LogP contribution in [0.4, 0.5) is 5.69 Å². The van der Waals surface area contributed by atoms with Gasteiger partial charge in [0.2, 0.25) is 5.91 Å². The Bertz CT molecular complexity index is 563. The lowest BCUT2D eigenvalue weighted by atomic mass is 9.67. The topological polar surface area (TPSA) is 46.2 Å². The minimum absolute atomic E-state index is 0.00193. The van der Waals surface area contributed by atoms with Gasteiger partial charge in [0.15, 0.2) is 0 Å². The Labute approximate surface area is 126 Å². The van der Waals surface area contributed by atoms with Gasteiger partial charge in [-0.15, -0.1) is 0 Å². The van der Waals surface area contributed by atoms with Crippen molar-refractivity contribution in [3.05, 3.63) is 29.3 Å². The van der Waals surface area contributed by atoms with E-state index < -0.39 is 0 Å². The summed E-state index contributed by atoms with van der Waals surface area (Å²) in [6.45, 7) is 4.03. The minimum Gasteiger partial charge on any atom is -0.326 e. The standard InChI is InChI=1S/C18H23NO2/c1-11-6-7-12(2)16(8-11)19-18(21)15-9-13-4-3-5-14(10-15)17(13)20/h6-8,13-15H,3-5,9-10H2,1-2H3,(H,19,21). The first kappa shape index (κ1) is 14.3. The summed E-state index contributed by atoms with van der Waals surface area (Å²) in [5, 5.41) is 3.07. The normalized spacial score (nSPS) is 28.3. The van der Waals surface area contributed by atoms with Gasteiger partial charge in [-0.3, -0.25) is 9.59 Å². The molecule has 2 unspecified atom stereocenters. The number of fused-ring (bicyclic) bond motifs is 2. The summed E-state index contributed by atoms with van der Waals surface area (Å²) >= 11 is 0. The second kappa shape index (κ2) is 5.63. The lowest BCUT2D eigenvalue weighted by Gasteiger charge is -2.37. The van der Waals surface area contributed by atoms with Crippen LogP contribution in [0.25, 0.3) is 0 Å². The van der Waals surface area contributed by atoms with Crippen LogP contribution in [0.15, 0.2) is 18.2 Å². The number of anilines is 1. The van der Waals surface area contributed by atoms with Crippen molar-refractivity contribution in [3.8, 4) is 0 Å². The SMILES string of the molecule is Cc1ccc(C)c(NC(=O)C2CC3CCCC(C2)C3=O)c1. The molecule has 3 rings (SSSR count). The second-order valence-corrected chi connectivity index (χ2v) is 6.70. The van der Waals surface area contributed by atoms with Crippen LogP contribution < -0.4 is 5.32 Å². The molecule has 3 heteroatoms. The van der Waals surface area contributed by atoms with Gasteiger partial charge in [0.25, 0.3) is 0 Å². The zero-order valence-corrected chi connectivity index (χ0v) is 12.8. The minimum atomic E-state index is -0.00193. The first-order valence-corrected chi connectivity index (χ1v) is 7.96. The van der Waals surface area contributed by atoms with Crippen LogP contribution >= 0.6 is 0 Å². The molecule has 0 saturated heterocycles. The van der Waals surface area contributed by atoms with Gasteiger partial charge in [0.05, 0.1) is 0 Å². The molecule has 0 aliphatic heterocycles. The summed E-state index contributed by atoms with van der Waals surface area (Å²) in [5.41, 5.74) is 3.13. The zero-order chi connectivity index (χ0) is 15.0. The Kier molecular flexibility index (Phi) is 3.83. The highest BCUT2D eigenvalue weighted by atomic mass is 16.2. The van der Waals surface area contributed by atoms with Gasteiger partial charge in [-0.2, -0.15) is 0 Å². The smallest absolute Gasteiger partial charge is 0.227 e. The summed E-state index contributed by atoms with van der Waals surface area (Å²) < 4.78 is 0. The molecule has 2 aliphatic rings. The molecule has 2 aliphatic carbocycles. The van der Waals surface area contributed by atoms with Gasteiger partial charge >= 0.3 is 0 Å². The van der Waals surface area contributed by atoms with E-state index in [2.05, 4.69) is 11.4 Å². The van der Waals surface area contributed by atoms with E-state index in [9.17, 15) is 9.59 Å². The van der Waals surface area contributed by atoms with Gasteiger partial charge in [-0.25, -0.2) is 0 Å². The average Bonchev–Trinajstić information content (AvgIpc) is 2.42. The third kappa shape index (κ3) is 2.87. The van der Waals surface area contributed by atoms with E-state index >= 15 is 0 Å². The van der Waals surface area contributed by atoms with Crippen molar-refractivity contribution < 1.29 is 9.59 Å². The number of carbonyl (C=O) groups excluding carboxylic acids is 2. The molecule has 0 aromatic heterocycles. The molecule has 1 aromatic carbocycles. The number of rotatable bonds is 2. The second-order valence-electron chi connectivity index (χ2n) is 6.70. The number of nitrogens with one attached hydrogen (secondary N) is 1. The van der Waals surface area contributed by atoms with Crippen LogP contribution in [0.2, 0.25) is 0 Å². The Balaban J connectivity index is 1.71. The van der Waals surface area contributed by atoms with Crippen molar-refractivity contribution >= 4 is 17.4 Å². The third-order valence-electron chi connectivity index (χ3n) is 5.07. The monoisotopic (exact) mass is 285 g/mol. The molecule has 1 aromatic rings. The number of hydrogen-bond acceptors (Lipinski definition) is 2. The number of carbonyl (C=O) groups is 2. The summed E-state index contributed by atoms with van der Waals surface area (Å²) in [6, 6.07) is 6.10. The summed E-state index contributed by atoms with van der Waals surface area (Å²) in [4.78, 5) is 24.6. The number of hydrogen-bond donors (Lipinski definition) is 1. The van der Waals surface area contributed by atoms with Gasteiger partial charge in [-0.05, 0) is 56.7 Å². The van der Waals surface area contributed by atoms with E-state index in [0.29, 0.717) is 5.78 Å². The maximum Gasteiger partial charge on any atom is 0.227 e. The summed E-state index contributed by atoms with van der Waals surface area (Å²) in [5.74, 6) is 0.766. The van der Waals surface area contributed by atoms with Crippen LogP contribution in [0, 0.1) is 31.6 Å². The number of aryl methyl sites for hydroxylation is 2. The summed E-state index contributed by atoms with van der Waals surface area (Å²) in [6.07, 6.45) is 4.58. The molecule has 112 valence electrons. The van der Waals surface area contributed by atoms with E-state index in [1.54, 1.807) is 0 Å². The number of amides is 1. The van der Waals surface area contributed by atoms with Gasteiger partial charge in [0.1, 0.15) is 5.78 Å². The van der Waals surface area contributed by atoms with Crippen molar-refractivity contribution in [2.45, 2.75) is 46.0 Å². The van der Waals surface area contributed by atoms with Crippen molar-refractivity contribution in [2.75, 3.05) is 5.32 Å². The van der Waals surface area contributed by atoms with E-state index in [4.69, 9.17) is 0 Å². The van der Waals surface area contributed by atoms with Crippen molar-refractivity contribution in [1.29, 1.82) is 0 Å². The lowest BCUT2D eigenvalue weighted by Crippen LogP contribution is -2.40. The molecule has 2 saturated carbocycles. The lowest BCUT2D eigenvalue weighted by molar-refractivity contribution is -0.136. The quantitative estimate of drug-likeness (QED) is 0.901. The van der Waals surface area contributed by atoms with Crippen molar-refractivity contribution in [2.24, 2.45) is 17.8 Å². The zero-order valence-electron chi connectivity index (χ0n) is 12.8. The van der Waals surface area contributed by atoms with Crippen LogP contribution in [-0.2, 0) is 9.59 Å². The Morgan fingerprint density at radius 3 is 2.48 bits per heavy atom. The van der Waals surface area contributed by atoms with E-state index in [1.807, 2.05) is 26.0 Å². The molecular weight excluding hydrogens is 262 g/mol. The molecule has 2 fully saturated rings. The van der Waals surface area contributed by atoms with Crippen LogP contribution in [0.3, 0.4) is 0 Å². The van der Waals surface area contributed by atoms with Gasteiger partial charge in [0, 0.05) is 23.4 Å². The van der Waals surface area contributed by atoms with Crippen molar-refractivity contribution in [3.63, 3.8) is 0 Å². The third-order valence-corrected chi connectivity index (χ3v) is 5.07. The number of ketones is 1. The summed E-state index contributed by atoms with van der Waals surface area (Å²) in [7, 11) is 0. The maximum atomic E-state index is 12.5. The molecule has 0 heterocycles. The van der Waals surface area contributed by atoms with Crippen LogP contribution in [0.5, 0.6) is 0 Å². The molecule has 0 spiro atoms. The highest BCUT2D eigenvalue weighted by Gasteiger charge is 2.41. The Morgan fingerprint density at radius 2 is 1.81 bits per heavy atom. The predicted octanol–water partition coefficient (Wildman–Crippen LogP) is 3.64. The van der Waals surface area contributed by atoms with Crippen LogP contribution in [0.1, 0.15) is 43.2 Å². The molecule has 1 amide bonds. The Morgan fingerprint density at radius 1 is 1.14 bits per heavy atom. The fraction of sp³-hybridized carbons (Fsp3) is 0.556. The molecule has 21 heavy (non-hydrogen) atoms. The molecular formula is C18H23NO2. The molecule has 1 N–H and O–H groups in total. The van der Waals surface area contributed by atoms with Gasteiger partial charge < -0.3 is 5.32 Å². The fourth-order valence-corrected chi connectivity index (χ4v) is 3.80. The van der Waals surface area contributed by atoms with Crippen LogP contribution in [-0.4, -0.2) is 11.7 Å². The Hall–Kier alpha value is -1.64. The number of Topliss-reactive ketones (excluding diaryl/α,β-unsaturated/α-hetero) is 1. The molecule has 2 atom stereocenters. The highest BCUT2D eigenvalue weighted by Crippen LogP contribution is 2.40.